The minimum atomic E-state index is -0.175. The lowest BCUT2D eigenvalue weighted by Crippen LogP contribution is -2.16. The summed E-state index contributed by atoms with van der Waals surface area (Å²) in [7, 11) is 0. The van der Waals surface area contributed by atoms with Crippen LogP contribution in [0.2, 0.25) is 0 Å². The molecule has 2 rings (SSSR count). The molecule has 0 aliphatic carbocycles. The molecule has 0 bridgehead atoms. The van der Waals surface area contributed by atoms with Crippen LogP contribution in [0.1, 0.15) is 29.3 Å². The molecule has 104 valence electrons. The van der Waals surface area contributed by atoms with Crippen LogP contribution in [-0.4, -0.2) is 22.4 Å². The first kappa shape index (κ1) is 14.0. The van der Waals surface area contributed by atoms with Crippen LogP contribution in [0.3, 0.4) is 0 Å². The highest BCUT2D eigenvalue weighted by atomic mass is 16.1. The molecule has 2 aromatic heterocycles. The Balaban J connectivity index is 2.19. The molecule has 20 heavy (non-hydrogen) atoms. The quantitative estimate of drug-likeness (QED) is 0.876. The number of aryl methyl sites for hydroxylation is 1. The Bertz CT molecular complexity index is 598. The number of hydrogen-bond donors (Lipinski definition) is 2. The van der Waals surface area contributed by atoms with Gasteiger partial charge in [-0.1, -0.05) is 6.92 Å². The van der Waals surface area contributed by atoms with Crippen molar-refractivity contribution in [2.75, 3.05) is 17.2 Å². The molecule has 0 unspecified atom stereocenters. The second-order valence-electron chi connectivity index (χ2n) is 4.49. The van der Waals surface area contributed by atoms with E-state index in [2.05, 4.69) is 27.5 Å². The van der Waals surface area contributed by atoms with E-state index in [0.29, 0.717) is 5.56 Å². The molecule has 2 N–H and O–H groups in total. The van der Waals surface area contributed by atoms with E-state index in [1.54, 1.807) is 30.9 Å². The number of nitrogens with zero attached hydrogens (tertiary/aromatic N) is 2. The first-order valence-electron chi connectivity index (χ1n) is 6.62. The first-order valence-corrected chi connectivity index (χ1v) is 6.62. The van der Waals surface area contributed by atoms with E-state index in [1.807, 2.05) is 13.0 Å². The van der Waals surface area contributed by atoms with Crippen LogP contribution in [0.15, 0.2) is 36.9 Å². The topological polar surface area (TPSA) is 66.9 Å². The third-order valence-corrected chi connectivity index (χ3v) is 2.90. The molecule has 0 aromatic carbocycles. The predicted octanol–water partition coefficient (Wildman–Crippen LogP) is 2.86. The molecule has 5 nitrogen and oxygen atoms in total. The summed E-state index contributed by atoms with van der Waals surface area (Å²) >= 11 is 0. The average Bonchev–Trinajstić information content (AvgIpc) is 2.47. The van der Waals surface area contributed by atoms with Crippen molar-refractivity contribution in [3.05, 3.63) is 48.0 Å². The first-order chi connectivity index (χ1) is 9.72. The summed E-state index contributed by atoms with van der Waals surface area (Å²) in [6, 6.07) is 3.59. The van der Waals surface area contributed by atoms with Crippen molar-refractivity contribution >= 4 is 17.3 Å². The maximum Gasteiger partial charge on any atom is 0.259 e. The zero-order chi connectivity index (χ0) is 14.4. The number of aromatic nitrogens is 2. The van der Waals surface area contributed by atoms with Gasteiger partial charge in [0.1, 0.15) is 0 Å². The summed E-state index contributed by atoms with van der Waals surface area (Å²) in [5, 5.41) is 6.12. The van der Waals surface area contributed by atoms with Gasteiger partial charge in [0.2, 0.25) is 0 Å². The number of hydrogen-bond acceptors (Lipinski definition) is 4. The smallest absolute Gasteiger partial charge is 0.259 e. The number of nitrogens with one attached hydrogen (secondary N) is 2. The largest absolute Gasteiger partial charge is 0.384 e. The molecule has 2 aromatic rings. The third kappa shape index (κ3) is 3.32. The Hall–Kier alpha value is -2.43. The summed E-state index contributed by atoms with van der Waals surface area (Å²) in [5.74, 6) is -0.175. The van der Waals surface area contributed by atoms with Crippen molar-refractivity contribution in [1.29, 1.82) is 0 Å². The lowest BCUT2D eigenvalue weighted by molar-refractivity contribution is 0.102. The number of carbonyl (C=O) groups excluding carboxylic acids is 1. The van der Waals surface area contributed by atoms with Gasteiger partial charge in [0, 0.05) is 37.0 Å². The highest BCUT2D eigenvalue weighted by molar-refractivity contribution is 6.08. The Morgan fingerprint density at radius 2 is 1.85 bits per heavy atom. The van der Waals surface area contributed by atoms with Crippen LogP contribution >= 0.6 is 0 Å². The maximum atomic E-state index is 12.3. The molecule has 2 heterocycles. The van der Waals surface area contributed by atoms with Gasteiger partial charge in [-0.05, 0) is 31.0 Å². The molecule has 0 saturated heterocycles. The molecule has 0 spiro atoms. The van der Waals surface area contributed by atoms with E-state index < -0.39 is 0 Å². The minimum Gasteiger partial charge on any atom is -0.384 e. The summed E-state index contributed by atoms with van der Waals surface area (Å²) in [5.41, 5.74) is 3.02. The summed E-state index contributed by atoms with van der Waals surface area (Å²) in [6.45, 7) is 4.80. The number of amides is 1. The van der Waals surface area contributed by atoms with Crippen molar-refractivity contribution < 1.29 is 4.79 Å². The van der Waals surface area contributed by atoms with Crippen molar-refractivity contribution in [2.24, 2.45) is 0 Å². The fourth-order valence-corrected chi connectivity index (χ4v) is 1.79. The Labute approximate surface area is 118 Å². The average molecular weight is 270 g/mol. The molecule has 5 heteroatoms. The summed E-state index contributed by atoms with van der Waals surface area (Å²) in [4.78, 5) is 20.4. The third-order valence-electron chi connectivity index (χ3n) is 2.90. The van der Waals surface area contributed by atoms with Gasteiger partial charge in [-0.25, -0.2) is 0 Å². The van der Waals surface area contributed by atoms with Crippen molar-refractivity contribution in [3.63, 3.8) is 0 Å². The lowest BCUT2D eigenvalue weighted by atomic mass is 10.2. The molecule has 0 saturated carbocycles. The van der Waals surface area contributed by atoms with Gasteiger partial charge in [0.15, 0.2) is 0 Å². The normalized spacial score (nSPS) is 10.1. The minimum absolute atomic E-state index is 0.175. The Morgan fingerprint density at radius 1 is 1.15 bits per heavy atom. The van der Waals surface area contributed by atoms with Crippen molar-refractivity contribution in [1.82, 2.24) is 9.97 Å². The van der Waals surface area contributed by atoms with Crippen LogP contribution in [-0.2, 0) is 0 Å². The fraction of sp³-hybridized carbons (Fsp3) is 0.267. The lowest BCUT2D eigenvalue weighted by Gasteiger charge is -2.12. The van der Waals surface area contributed by atoms with Gasteiger partial charge >= 0.3 is 0 Å². The SMILES string of the molecule is CCCNc1ccncc1C(=O)Nc1ccncc1C. The number of pyridine rings is 2. The van der Waals surface area contributed by atoms with E-state index in [9.17, 15) is 4.79 Å². The van der Waals surface area contributed by atoms with Crippen LogP contribution in [0.5, 0.6) is 0 Å². The monoisotopic (exact) mass is 270 g/mol. The van der Waals surface area contributed by atoms with E-state index in [-0.39, 0.29) is 5.91 Å². The second kappa shape index (κ2) is 6.65. The van der Waals surface area contributed by atoms with Gasteiger partial charge in [-0.2, -0.15) is 0 Å². The van der Waals surface area contributed by atoms with Gasteiger partial charge in [-0.3, -0.25) is 14.8 Å². The number of anilines is 2. The molecule has 0 radical (unpaired) electrons. The standard InChI is InChI=1S/C15H18N4O/c1-3-6-18-14-5-8-17-10-12(14)15(20)19-13-4-7-16-9-11(13)2/h4-5,7-10H,3,6H2,1-2H3,(H,17,18)(H,16,19,20). The molecule has 1 amide bonds. The van der Waals surface area contributed by atoms with Crippen LogP contribution < -0.4 is 10.6 Å². The fourth-order valence-electron chi connectivity index (χ4n) is 1.79. The molecule has 0 aliphatic heterocycles. The highest BCUT2D eigenvalue weighted by Crippen LogP contribution is 2.17. The zero-order valence-corrected chi connectivity index (χ0v) is 11.7. The van der Waals surface area contributed by atoms with Crippen LogP contribution in [0.25, 0.3) is 0 Å². The van der Waals surface area contributed by atoms with Gasteiger partial charge in [0.05, 0.1) is 11.3 Å². The maximum absolute atomic E-state index is 12.3. The molecular formula is C15H18N4O. The Morgan fingerprint density at radius 3 is 2.55 bits per heavy atom. The van der Waals surface area contributed by atoms with Gasteiger partial charge in [0.25, 0.3) is 5.91 Å². The van der Waals surface area contributed by atoms with E-state index in [4.69, 9.17) is 0 Å². The zero-order valence-electron chi connectivity index (χ0n) is 11.7. The van der Waals surface area contributed by atoms with Crippen LogP contribution in [0.4, 0.5) is 11.4 Å². The number of carbonyl (C=O) groups is 1. The van der Waals surface area contributed by atoms with Gasteiger partial charge in [-0.15, -0.1) is 0 Å². The highest BCUT2D eigenvalue weighted by Gasteiger charge is 2.12. The molecule has 0 aliphatic rings. The van der Waals surface area contributed by atoms with Crippen molar-refractivity contribution in [2.45, 2.75) is 20.3 Å². The molecule has 0 atom stereocenters. The number of rotatable bonds is 5. The van der Waals surface area contributed by atoms with E-state index >= 15 is 0 Å². The van der Waals surface area contributed by atoms with Crippen molar-refractivity contribution in [3.8, 4) is 0 Å². The van der Waals surface area contributed by atoms with E-state index in [0.717, 1.165) is 29.9 Å². The predicted molar refractivity (Wildman–Crippen MR) is 79.9 cm³/mol. The Kier molecular flexibility index (Phi) is 4.65. The summed E-state index contributed by atoms with van der Waals surface area (Å²) in [6.07, 6.45) is 7.61. The second-order valence-corrected chi connectivity index (χ2v) is 4.49. The van der Waals surface area contributed by atoms with Crippen LogP contribution in [0, 0.1) is 6.92 Å². The van der Waals surface area contributed by atoms with Gasteiger partial charge < -0.3 is 10.6 Å². The molecule has 0 fully saturated rings. The van der Waals surface area contributed by atoms with E-state index in [1.165, 1.54) is 0 Å². The summed E-state index contributed by atoms with van der Waals surface area (Å²) < 4.78 is 0. The molecular weight excluding hydrogens is 252 g/mol.